The molecule has 11 heteroatoms. The number of hydrogen-bond acceptors (Lipinski definition) is 7. The van der Waals surface area contributed by atoms with Gasteiger partial charge in [0, 0.05) is 12.3 Å². The molecule has 3 rings (SSSR count). The summed E-state index contributed by atoms with van der Waals surface area (Å²) in [4.78, 5) is 28.7. The van der Waals surface area contributed by atoms with Crippen molar-refractivity contribution < 1.29 is 22.7 Å². The summed E-state index contributed by atoms with van der Waals surface area (Å²) in [5, 5.41) is 11.1. The normalized spacial score (nSPS) is 10.8. The number of imide groups is 1. The molecule has 0 aliphatic carbocycles. The summed E-state index contributed by atoms with van der Waals surface area (Å²) in [6, 6.07) is 14.9. The number of nitriles is 1. The SMILES string of the molecule is CNS(=O)(=O)c1ccc(C(=O)NC(=O)c2ccc(Oc3ccccc3C#N)nc2)c(Cl)c1. The minimum Gasteiger partial charge on any atom is -0.438 e. The van der Waals surface area contributed by atoms with Crippen molar-refractivity contribution >= 4 is 33.4 Å². The molecule has 0 fully saturated rings. The van der Waals surface area contributed by atoms with Crippen LogP contribution in [0.3, 0.4) is 0 Å². The zero-order chi connectivity index (χ0) is 23.3. The van der Waals surface area contributed by atoms with Gasteiger partial charge in [0.15, 0.2) is 0 Å². The maximum atomic E-state index is 12.4. The van der Waals surface area contributed by atoms with E-state index in [9.17, 15) is 18.0 Å². The summed E-state index contributed by atoms with van der Waals surface area (Å²) >= 11 is 6.02. The maximum Gasteiger partial charge on any atom is 0.259 e. The average molecular weight is 471 g/mol. The maximum absolute atomic E-state index is 12.4. The fourth-order valence-electron chi connectivity index (χ4n) is 2.54. The molecule has 3 aromatic rings. The lowest BCUT2D eigenvalue weighted by atomic mass is 10.2. The van der Waals surface area contributed by atoms with E-state index in [0.717, 1.165) is 6.07 Å². The summed E-state index contributed by atoms with van der Waals surface area (Å²) in [5.74, 6) is -1.08. The Labute approximate surface area is 188 Å². The van der Waals surface area contributed by atoms with Crippen molar-refractivity contribution in [2.45, 2.75) is 4.90 Å². The first-order chi connectivity index (χ1) is 15.2. The Morgan fingerprint density at radius 2 is 1.84 bits per heavy atom. The fourth-order valence-corrected chi connectivity index (χ4v) is 3.63. The monoisotopic (exact) mass is 470 g/mol. The fraction of sp³-hybridized carbons (Fsp3) is 0.0476. The van der Waals surface area contributed by atoms with E-state index in [0.29, 0.717) is 11.3 Å². The van der Waals surface area contributed by atoms with E-state index in [1.165, 1.54) is 37.5 Å². The Morgan fingerprint density at radius 3 is 2.47 bits per heavy atom. The third-order valence-corrected chi connectivity index (χ3v) is 5.94. The molecule has 32 heavy (non-hydrogen) atoms. The number of pyridine rings is 1. The van der Waals surface area contributed by atoms with Crippen molar-refractivity contribution in [3.8, 4) is 17.7 Å². The van der Waals surface area contributed by atoms with E-state index < -0.39 is 21.8 Å². The highest BCUT2D eigenvalue weighted by atomic mass is 35.5. The van der Waals surface area contributed by atoms with Gasteiger partial charge in [-0.1, -0.05) is 23.7 Å². The molecule has 0 spiro atoms. The van der Waals surface area contributed by atoms with Crippen LogP contribution in [0, 0.1) is 11.3 Å². The lowest BCUT2D eigenvalue weighted by Crippen LogP contribution is -2.30. The first-order valence-corrected chi connectivity index (χ1v) is 10.8. The van der Waals surface area contributed by atoms with Crippen molar-refractivity contribution in [2.24, 2.45) is 0 Å². The van der Waals surface area contributed by atoms with Gasteiger partial charge in [-0.05, 0) is 43.4 Å². The highest BCUT2D eigenvalue weighted by Crippen LogP contribution is 2.23. The van der Waals surface area contributed by atoms with Gasteiger partial charge in [0.1, 0.15) is 11.8 Å². The van der Waals surface area contributed by atoms with Gasteiger partial charge in [-0.3, -0.25) is 14.9 Å². The number of nitrogens with one attached hydrogen (secondary N) is 2. The highest BCUT2D eigenvalue weighted by Gasteiger charge is 2.19. The Hall–Kier alpha value is -3.78. The van der Waals surface area contributed by atoms with Crippen molar-refractivity contribution in [2.75, 3.05) is 7.05 Å². The number of carbonyl (C=O) groups excluding carboxylic acids is 2. The molecule has 0 aliphatic rings. The number of ether oxygens (including phenoxy) is 1. The van der Waals surface area contributed by atoms with Gasteiger partial charge in [0.2, 0.25) is 15.9 Å². The van der Waals surface area contributed by atoms with Crippen LogP contribution in [0.15, 0.2) is 65.7 Å². The Balaban J connectivity index is 1.71. The van der Waals surface area contributed by atoms with Gasteiger partial charge in [0.25, 0.3) is 11.8 Å². The van der Waals surface area contributed by atoms with Crippen LogP contribution in [0.1, 0.15) is 26.3 Å². The van der Waals surface area contributed by atoms with Gasteiger partial charge in [-0.15, -0.1) is 0 Å². The van der Waals surface area contributed by atoms with Crippen LogP contribution in [0.2, 0.25) is 5.02 Å². The molecule has 2 amide bonds. The van der Waals surface area contributed by atoms with Crippen LogP contribution >= 0.6 is 11.6 Å². The number of halogens is 1. The van der Waals surface area contributed by atoms with Gasteiger partial charge in [-0.2, -0.15) is 5.26 Å². The zero-order valence-corrected chi connectivity index (χ0v) is 18.1. The minimum absolute atomic E-state index is 0.0731. The molecule has 0 bridgehead atoms. The molecule has 0 radical (unpaired) electrons. The first-order valence-electron chi connectivity index (χ1n) is 8.97. The minimum atomic E-state index is -3.73. The second-order valence-electron chi connectivity index (χ2n) is 6.23. The van der Waals surface area contributed by atoms with Crippen LogP contribution in [0.25, 0.3) is 0 Å². The second-order valence-corrected chi connectivity index (χ2v) is 8.52. The molecule has 0 saturated heterocycles. The highest BCUT2D eigenvalue weighted by molar-refractivity contribution is 7.89. The molecule has 1 aromatic heterocycles. The van der Waals surface area contributed by atoms with Crippen molar-refractivity contribution in [3.63, 3.8) is 0 Å². The number of carbonyl (C=O) groups is 2. The summed E-state index contributed by atoms with van der Waals surface area (Å²) in [6.07, 6.45) is 1.21. The number of nitrogens with zero attached hydrogens (tertiary/aromatic N) is 2. The average Bonchev–Trinajstić information content (AvgIpc) is 2.79. The third-order valence-electron chi connectivity index (χ3n) is 4.21. The number of para-hydroxylation sites is 1. The Bertz CT molecular complexity index is 1340. The van der Waals surface area contributed by atoms with Gasteiger partial charge in [-0.25, -0.2) is 18.1 Å². The Morgan fingerprint density at radius 1 is 1.09 bits per heavy atom. The largest absolute Gasteiger partial charge is 0.438 e. The molecule has 1 heterocycles. The topological polar surface area (TPSA) is 138 Å². The summed E-state index contributed by atoms with van der Waals surface area (Å²) < 4.78 is 31.3. The van der Waals surface area contributed by atoms with E-state index in [2.05, 4.69) is 15.0 Å². The molecular formula is C21H15ClN4O5S. The number of amides is 2. The lowest BCUT2D eigenvalue weighted by Gasteiger charge is -2.09. The van der Waals surface area contributed by atoms with E-state index in [1.54, 1.807) is 24.3 Å². The van der Waals surface area contributed by atoms with Crippen LogP contribution in [-0.2, 0) is 10.0 Å². The molecule has 0 unspecified atom stereocenters. The van der Waals surface area contributed by atoms with Crippen LogP contribution in [-0.4, -0.2) is 32.3 Å². The lowest BCUT2D eigenvalue weighted by molar-refractivity contribution is 0.0849. The summed E-state index contributed by atoms with van der Waals surface area (Å²) in [6.45, 7) is 0. The number of aromatic nitrogens is 1. The second kappa shape index (κ2) is 9.57. The molecule has 9 nitrogen and oxygen atoms in total. The third kappa shape index (κ3) is 5.09. The quantitative estimate of drug-likeness (QED) is 0.528. The molecule has 0 atom stereocenters. The van der Waals surface area contributed by atoms with Crippen LogP contribution in [0.5, 0.6) is 11.6 Å². The smallest absolute Gasteiger partial charge is 0.259 e. The van der Waals surface area contributed by atoms with Crippen molar-refractivity contribution in [3.05, 3.63) is 82.5 Å². The molecular weight excluding hydrogens is 456 g/mol. The zero-order valence-electron chi connectivity index (χ0n) is 16.5. The number of hydrogen-bond donors (Lipinski definition) is 2. The van der Waals surface area contributed by atoms with E-state index in [4.69, 9.17) is 21.6 Å². The predicted molar refractivity (Wildman–Crippen MR) is 115 cm³/mol. The molecule has 0 aliphatic heterocycles. The standard InChI is InChI=1S/C21H15ClN4O5S/c1-24-32(29,30)15-7-8-16(17(22)10-15)21(28)26-20(27)14-6-9-19(25-12-14)31-18-5-3-2-4-13(18)11-23/h2-10,12,24H,1H3,(H,26,27,28). The van der Waals surface area contributed by atoms with E-state index in [-0.39, 0.29) is 26.9 Å². The number of sulfonamides is 1. The van der Waals surface area contributed by atoms with Gasteiger partial charge in [0.05, 0.1) is 26.6 Å². The number of benzene rings is 2. The predicted octanol–water partition coefficient (Wildman–Crippen LogP) is 2.88. The summed E-state index contributed by atoms with van der Waals surface area (Å²) in [5.41, 5.74) is 0.327. The van der Waals surface area contributed by atoms with Crippen LogP contribution < -0.4 is 14.8 Å². The van der Waals surface area contributed by atoms with Gasteiger partial charge >= 0.3 is 0 Å². The summed E-state index contributed by atoms with van der Waals surface area (Å²) in [7, 11) is -2.49. The first kappa shape index (κ1) is 22.9. The Kier molecular flexibility index (Phi) is 6.85. The molecule has 0 saturated carbocycles. The van der Waals surface area contributed by atoms with E-state index in [1.807, 2.05) is 6.07 Å². The van der Waals surface area contributed by atoms with Crippen LogP contribution in [0.4, 0.5) is 0 Å². The number of rotatable bonds is 6. The van der Waals surface area contributed by atoms with Crippen molar-refractivity contribution in [1.82, 2.24) is 15.0 Å². The van der Waals surface area contributed by atoms with E-state index >= 15 is 0 Å². The molecule has 2 aromatic carbocycles. The van der Waals surface area contributed by atoms with Crippen molar-refractivity contribution in [1.29, 1.82) is 5.26 Å². The van der Waals surface area contributed by atoms with Gasteiger partial charge < -0.3 is 4.74 Å². The molecule has 162 valence electrons. The molecule has 2 N–H and O–H groups in total.